The van der Waals surface area contributed by atoms with Gasteiger partial charge in [0.25, 0.3) is 0 Å². The number of ether oxygens (including phenoxy) is 1. The highest BCUT2D eigenvalue weighted by molar-refractivity contribution is 6.30. The number of carbonyl (C=O) groups excluding carboxylic acids is 1. The highest BCUT2D eigenvalue weighted by Gasteiger charge is 2.44. The highest BCUT2D eigenvalue weighted by Crippen LogP contribution is 2.47. The number of piperidine rings is 1. The summed E-state index contributed by atoms with van der Waals surface area (Å²) in [6, 6.07) is 16.0. The summed E-state index contributed by atoms with van der Waals surface area (Å²) in [4.78, 5) is 15.4. The van der Waals surface area contributed by atoms with Crippen LogP contribution in [0.5, 0.6) is 0 Å². The number of benzene rings is 2. The van der Waals surface area contributed by atoms with Crippen molar-refractivity contribution in [3.05, 3.63) is 69.7 Å². The van der Waals surface area contributed by atoms with Crippen LogP contribution < -0.4 is 0 Å². The molecule has 2 saturated heterocycles. The van der Waals surface area contributed by atoms with Crippen LogP contribution in [0.1, 0.15) is 49.3 Å². The lowest BCUT2D eigenvalue weighted by molar-refractivity contribution is -0.149. The Labute approximate surface area is 176 Å². The maximum absolute atomic E-state index is 13.3. The van der Waals surface area contributed by atoms with Crippen molar-refractivity contribution in [1.82, 2.24) is 4.90 Å². The van der Waals surface area contributed by atoms with Gasteiger partial charge in [-0.05, 0) is 54.7 Å². The summed E-state index contributed by atoms with van der Waals surface area (Å²) in [5, 5.41) is 1.43. The van der Waals surface area contributed by atoms with Gasteiger partial charge in [-0.2, -0.15) is 0 Å². The molecule has 2 heterocycles. The minimum Gasteiger partial charge on any atom is -0.379 e. The Hall–Kier alpha value is -1.55. The molecule has 1 amide bonds. The second-order valence-electron chi connectivity index (χ2n) is 7.91. The lowest BCUT2D eigenvalue weighted by atomic mass is 9.75. The van der Waals surface area contributed by atoms with E-state index in [1.807, 2.05) is 49.4 Å². The van der Waals surface area contributed by atoms with Crippen LogP contribution in [0.25, 0.3) is 0 Å². The molecule has 2 aliphatic rings. The van der Waals surface area contributed by atoms with Crippen molar-refractivity contribution in [2.45, 2.75) is 44.2 Å². The topological polar surface area (TPSA) is 29.5 Å². The number of carbonyl (C=O) groups is 1. The average molecular weight is 418 g/mol. The molecule has 0 aromatic heterocycles. The summed E-state index contributed by atoms with van der Waals surface area (Å²) in [6.45, 7) is 3.41. The fraction of sp³-hybridized carbons (Fsp3) is 0.435. The molecule has 5 heteroatoms. The predicted molar refractivity (Wildman–Crippen MR) is 113 cm³/mol. The monoisotopic (exact) mass is 417 g/mol. The summed E-state index contributed by atoms with van der Waals surface area (Å²) in [6.07, 6.45) is 2.76. The van der Waals surface area contributed by atoms with E-state index in [4.69, 9.17) is 27.9 Å². The number of hydrogen-bond acceptors (Lipinski definition) is 2. The van der Waals surface area contributed by atoms with Gasteiger partial charge in [0.15, 0.2) is 0 Å². The van der Waals surface area contributed by atoms with Crippen molar-refractivity contribution in [1.29, 1.82) is 0 Å². The zero-order valence-electron chi connectivity index (χ0n) is 16.0. The SMILES string of the molecule is CC1C[C@H](c2cccc(Cl)c2)[C@@H](c2ccc(Cl)cc2)N(C2CCCOC2)C1=O. The fourth-order valence-corrected chi connectivity index (χ4v) is 4.98. The van der Waals surface area contributed by atoms with Crippen molar-refractivity contribution in [3.63, 3.8) is 0 Å². The molecule has 2 fully saturated rings. The Morgan fingerprint density at radius 1 is 1.04 bits per heavy atom. The molecule has 0 N–H and O–H groups in total. The molecule has 0 saturated carbocycles. The van der Waals surface area contributed by atoms with E-state index in [9.17, 15) is 4.79 Å². The second-order valence-corrected chi connectivity index (χ2v) is 8.78. The zero-order valence-corrected chi connectivity index (χ0v) is 17.5. The van der Waals surface area contributed by atoms with Gasteiger partial charge in [-0.25, -0.2) is 0 Å². The number of hydrogen-bond donors (Lipinski definition) is 0. The third-order valence-corrected chi connectivity index (χ3v) is 6.47. The van der Waals surface area contributed by atoms with E-state index in [1.165, 1.54) is 5.56 Å². The Morgan fingerprint density at radius 3 is 2.50 bits per heavy atom. The van der Waals surface area contributed by atoms with Gasteiger partial charge in [-0.15, -0.1) is 0 Å². The van der Waals surface area contributed by atoms with Gasteiger partial charge in [0.2, 0.25) is 5.91 Å². The molecule has 2 unspecified atom stereocenters. The maximum Gasteiger partial charge on any atom is 0.226 e. The minimum atomic E-state index is -0.0499. The largest absolute Gasteiger partial charge is 0.379 e. The van der Waals surface area contributed by atoms with E-state index < -0.39 is 0 Å². The van der Waals surface area contributed by atoms with Crippen LogP contribution >= 0.6 is 23.2 Å². The lowest BCUT2D eigenvalue weighted by Crippen LogP contribution is -2.53. The van der Waals surface area contributed by atoms with Gasteiger partial charge in [-0.1, -0.05) is 54.4 Å². The molecule has 148 valence electrons. The van der Waals surface area contributed by atoms with Crippen LogP contribution in [0.4, 0.5) is 0 Å². The predicted octanol–water partition coefficient (Wildman–Crippen LogP) is 5.87. The van der Waals surface area contributed by atoms with Crippen LogP contribution in [0, 0.1) is 5.92 Å². The first-order chi connectivity index (χ1) is 13.5. The summed E-state index contributed by atoms with van der Waals surface area (Å²) >= 11 is 12.5. The Kier molecular flexibility index (Phi) is 5.96. The number of amides is 1. The highest BCUT2D eigenvalue weighted by atomic mass is 35.5. The van der Waals surface area contributed by atoms with Gasteiger partial charge >= 0.3 is 0 Å². The van der Waals surface area contributed by atoms with Crippen LogP contribution in [0.2, 0.25) is 10.0 Å². The molecule has 0 radical (unpaired) electrons. The molecule has 2 aromatic carbocycles. The number of halogens is 2. The van der Waals surface area contributed by atoms with E-state index >= 15 is 0 Å². The standard InChI is InChI=1S/C23H25Cl2NO2/c1-15-12-21(17-4-2-5-19(25)13-17)22(16-7-9-18(24)10-8-16)26(23(15)27)20-6-3-11-28-14-20/h2,4-5,7-10,13,15,20-22H,3,6,11-12,14H2,1H3/t15?,20?,21-,22-/m1/s1. The normalized spacial score (nSPS) is 28.4. The third kappa shape index (κ3) is 3.94. The average Bonchev–Trinajstić information content (AvgIpc) is 2.71. The van der Waals surface area contributed by atoms with Gasteiger partial charge in [0, 0.05) is 28.5 Å². The summed E-state index contributed by atoms with van der Waals surface area (Å²) < 4.78 is 5.75. The number of likely N-dealkylation sites (tertiary alicyclic amines) is 1. The summed E-state index contributed by atoms with van der Waals surface area (Å²) in [7, 11) is 0. The molecule has 2 aliphatic heterocycles. The molecule has 3 nitrogen and oxygen atoms in total. The van der Waals surface area contributed by atoms with Gasteiger partial charge in [0.05, 0.1) is 18.7 Å². The molecule has 0 bridgehead atoms. The minimum absolute atomic E-state index is 0.0329. The number of rotatable bonds is 3. The van der Waals surface area contributed by atoms with Gasteiger partial charge < -0.3 is 9.64 Å². The first kappa shape index (κ1) is 19.8. The van der Waals surface area contributed by atoms with E-state index in [2.05, 4.69) is 11.0 Å². The molecule has 0 spiro atoms. The molecule has 28 heavy (non-hydrogen) atoms. The van der Waals surface area contributed by atoms with Crippen molar-refractivity contribution < 1.29 is 9.53 Å². The van der Waals surface area contributed by atoms with Crippen LogP contribution in [-0.4, -0.2) is 30.1 Å². The maximum atomic E-state index is 13.3. The van der Waals surface area contributed by atoms with Crippen LogP contribution in [0.3, 0.4) is 0 Å². The molecule has 0 aliphatic carbocycles. The molecule has 4 atom stereocenters. The van der Waals surface area contributed by atoms with Crippen LogP contribution in [0.15, 0.2) is 48.5 Å². The van der Waals surface area contributed by atoms with Crippen molar-refractivity contribution >= 4 is 29.1 Å². The molecule has 4 rings (SSSR count). The molecular weight excluding hydrogens is 393 g/mol. The van der Waals surface area contributed by atoms with Gasteiger partial charge in [-0.3, -0.25) is 4.79 Å². The quantitative estimate of drug-likeness (QED) is 0.624. The fourth-order valence-electron chi connectivity index (χ4n) is 4.65. The van der Waals surface area contributed by atoms with Crippen molar-refractivity contribution in [3.8, 4) is 0 Å². The first-order valence-corrected chi connectivity index (χ1v) is 10.7. The molecule has 2 aromatic rings. The number of nitrogens with zero attached hydrogens (tertiary/aromatic N) is 1. The van der Waals surface area contributed by atoms with E-state index in [0.717, 1.165) is 36.5 Å². The van der Waals surface area contributed by atoms with Crippen molar-refractivity contribution in [2.75, 3.05) is 13.2 Å². The second kappa shape index (κ2) is 8.44. The Bertz CT molecular complexity index is 833. The van der Waals surface area contributed by atoms with E-state index in [-0.39, 0.29) is 29.8 Å². The van der Waals surface area contributed by atoms with Crippen molar-refractivity contribution in [2.24, 2.45) is 5.92 Å². The summed E-state index contributed by atoms with van der Waals surface area (Å²) in [5.74, 6) is 0.359. The lowest BCUT2D eigenvalue weighted by Gasteiger charge is -2.48. The van der Waals surface area contributed by atoms with Gasteiger partial charge in [0.1, 0.15) is 0 Å². The molecular formula is C23H25Cl2NO2. The third-order valence-electron chi connectivity index (χ3n) is 5.98. The zero-order chi connectivity index (χ0) is 19.7. The summed E-state index contributed by atoms with van der Waals surface area (Å²) in [5.41, 5.74) is 2.29. The Balaban J connectivity index is 1.80. The smallest absolute Gasteiger partial charge is 0.226 e. The Morgan fingerprint density at radius 2 is 1.82 bits per heavy atom. The van der Waals surface area contributed by atoms with E-state index in [1.54, 1.807) is 0 Å². The van der Waals surface area contributed by atoms with Crippen LogP contribution in [-0.2, 0) is 9.53 Å². The van der Waals surface area contributed by atoms with E-state index in [0.29, 0.717) is 11.6 Å². The first-order valence-electron chi connectivity index (χ1n) is 9.95.